The molecule has 0 aliphatic heterocycles. The molecule has 0 saturated carbocycles. The van der Waals surface area contributed by atoms with Crippen molar-refractivity contribution in [3.8, 4) is 0 Å². The molecule has 0 unspecified atom stereocenters. The molecule has 0 aromatic carbocycles. The lowest BCUT2D eigenvalue weighted by atomic mass is 9.89. The van der Waals surface area contributed by atoms with Crippen molar-refractivity contribution in [2.24, 2.45) is 5.92 Å². The van der Waals surface area contributed by atoms with Gasteiger partial charge in [0.05, 0.1) is 18.4 Å². The predicted octanol–water partition coefficient (Wildman–Crippen LogP) is 4.88. The molecule has 1 atom stereocenters. The fraction of sp³-hybridized carbons (Fsp3) is 0.455. The molecular weight excluding hydrogens is 450 g/mol. The van der Waals surface area contributed by atoms with Gasteiger partial charge in [0.2, 0.25) is 5.91 Å². The Balaban J connectivity index is 1.34. The lowest BCUT2D eigenvalue weighted by Crippen LogP contribution is -2.16. The van der Waals surface area contributed by atoms with Gasteiger partial charge in [-0.1, -0.05) is 18.7 Å². The summed E-state index contributed by atoms with van der Waals surface area (Å²) >= 11 is 4.70. The number of amides is 1. The number of hydrogen-bond acceptors (Lipinski definition) is 8. The molecule has 0 radical (unpaired) electrons. The van der Waals surface area contributed by atoms with Gasteiger partial charge in [0, 0.05) is 15.1 Å². The second kappa shape index (κ2) is 8.52. The third kappa shape index (κ3) is 3.87. The second-order valence-electron chi connectivity index (χ2n) is 8.10. The number of carbonyl (C=O) groups is 2. The van der Waals surface area contributed by atoms with Crippen molar-refractivity contribution in [3.63, 3.8) is 0 Å². The Labute approximate surface area is 192 Å². The summed E-state index contributed by atoms with van der Waals surface area (Å²) in [6, 6.07) is 0. The van der Waals surface area contributed by atoms with Crippen molar-refractivity contribution in [3.05, 3.63) is 32.8 Å². The molecule has 2 aliphatic rings. The molecule has 31 heavy (non-hydrogen) atoms. The zero-order valence-electron chi connectivity index (χ0n) is 17.4. The number of nitrogens with zero attached hydrogens (tertiary/aromatic N) is 2. The number of esters is 1. The Kier molecular flexibility index (Phi) is 5.75. The van der Waals surface area contributed by atoms with Crippen molar-refractivity contribution in [2.75, 3.05) is 18.2 Å². The first-order valence-electron chi connectivity index (χ1n) is 10.5. The summed E-state index contributed by atoms with van der Waals surface area (Å²) in [4.78, 5) is 37.6. The Morgan fingerprint density at radius 3 is 2.90 bits per heavy atom. The van der Waals surface area contributed by atoms with E-state index >= 15 is 0 Å². The van der Waals surface area contributed by atoms with Gasteiger partial charge < -0.3 is 10.1 Å². The zero-order chi connectivity index (χ0) is 21.5. The van der Waals surface area contributed by atoms with Crippen molar-refractivity contribution in [2.45, 2.75) is 50.5 Å². The second-order valence-corrected chi connectivity index (χ2v) is 11.3. The number of hydrogen-bond donors (Lipinski definition) is 1. The van der Waals surface area contributed by atoms with Gasteiger partial charge in [-0.25, -0.2) is 14.8 Å². The van der Waals surface area contributed by atoms with Crippen LogP contribution in [0.2, 0.25) is 0 Å². The van der Waals surface area contributed by atoms with Crippen LogP contribution in [0.15, 0.2) is 11.4 Å². The molecule has 6 nitrogen and oxygen atoms in total. The maximum Gasteiger partial charge on any atom is 0.341 e. The van der Waals surface area contributed by atoms with Crippen molar-refractivity contribution in [1.82, 2.24) is 9.97 Å². The number of ether oxygens (including phenoxy) is 1. The van der Waals surface area contributed by atoms with E-state index in [1.165, 1.54) is 51.9 Å². The fourth-order valence-corrected chi connectivity index (χ4v) is 8.00. The van der Waals surface area contributed by atoms with Crippen LogP contribution in [-0.2, 0) is 35.2 Å². The molecule has 2 aliphatic carbocycles. The molecule has 0 saturated heterocycles. The van der Waals surface area contributed by atoms with Crippen LogP contribution >= 0.6 is 34.4 Å². The minimum atomic E-state index is -0.376. The largest absolute Gasteiger partial charge is 0.465 e. The highest BCUT2D eigenvalue weighted by Gasteiger charge is 2.28. The number of carbonyl (C=O) groups excluding carboxylic acids is 2. The lowest BCUT2D eigenvalue weighted by molar-refractivity contribution is -0.113. The van der Waals surface area contributed by atoms with Gasteiger partial charge in [-0.2, -0.15) is 0 Å². The van der Waals surface area contributed by atoms with Gasteiger partial charge in [0.1, 0.15) is 21.2 Å². The van der Waals surface area contributed by atoms with Crippen LogP contribution in [0.3, 0.4) is 0 Å². The molecular formula is C22H23N3O3S3. The van der Waals surface area contributed by atoms with Crippen molar-refractivity contribution >= 4 is 61.5 Å². The van der Waals surface area contributed by atoms with Gasteiger partial charge in [-0.15, -0.1) is 22.7 Å². The number of rotatable bonds is 5. The van der Waals surface area contributed by atoms with E-state index in [0.717, 1.165) is 52.9 Å². The average Bonchev–Trinajstić information content (AvgIpc) is 3.43. The first kappa shape index (κ1) is 20.9. The number of aryl methyl sites for hydroxylation is 2. The zero-order valence-corrected chi connectivity index (χ0v) is 19.9. The van der Waals surface area contributed by atoms with Gasteiger partial charge in [0.25, 0.3) is 0 Å². The van der Waals surface area contributed by atoms with E-state index < -0.39 is 0 Å². The molecule has 1 amide bonds. The molecule has 0 spiro atoms. The summed E-state index contributed by atoms with van der Waals surface area (Å²) in [5.74, 6) is 0.418. The highest BCUT2D eigenvalue weighted by molar-refractivity contribution is 8.00. The number of thioether (sulfide) groups is 1. The summed E-state index contributed by atoms with van der Waals surface area (Å²) in [6.45, 7) is 2.29. The molecule has 5 rings (SSSR count). The van der Waals surface area contributed by atoms with E-state index in [2.05, 4.69) is 22.2 Å². The number of fused-ring (bicyclic) bond motifs is 4. The summed E-state index contributed by atoms with van der Waals surface area (Å²) in [5, 5.41) is 5.55. The van der Waals surface area contributed by atoms with Crippen LogP contribution in [-0.4, -0.2) is 34.7 Å². The highest BCUT2D eigenvalue weighted by atomic mass is 32.2. The molecule has 3 heterocycles. The summed E-state index contributed by atoms with van der Waals surface area (Å²) < 4.78 is 4.97. The molecule has 0 bridgehead atoms. The molecule has 0 fully saturated rings. The minimum absolute atomic E-state index is 0.139. The quantitative estimate of drug-likeness (QED) is 0.323. The number of anilines is 1. The highest BCUT2D eigenvalue weighted by Crippen LogP contribution is 2.41. The number of nitrogens with one attached hydrogen (secondary N) is 1. The van der Waals surface area contributed by atoms with E-state index in [0.29, 0.717) is 16.5 Å². The molecule has 3 aromatic heterocycles. The first-order valence-corrected chi connectivity index (χ1v) is 13.1. The monoisotopic (exact) mass is 473 g/mol. The van der Waals surface area contributed by atoms with Gasteiger partial charge >= 0.3 is 5.97 Å². The maximum atomic E-state index is 12.8. The topological polar surface area (TPSA) is 81.2 Å². The third-order valence-corrected chi connectivity index (χ3v) is 9.32. The van der Waals surface area contributed by atoms with Crippen LogP contribution in [0.1, 0.15) is 51.0 Å². The average molecular weight is 474 g/mol. The summed E-state index contributed by atoms with van der Waals surface area (Å²) in [6.07, 6.45) is 7.78. The molecule has 162 valence electrons. The Morgan fingerprint density at radius 1 is 1.19 bits per heavy atom. The maximum absolute atomic E-state index is 12.8. The summed E-state index contributed by atoms with van der Waals surface area (Å²) in [5.41, 5.74) is 2.93. The fourth-order valence-electron chi connectivity index (χ4n) is 4.46. The number of thiophene rings is 2. The minimum Gasteiger partial charge on any atom is -0.465 e. The van der Waals surface area contributed by atoms with E-state index in [9.17, 15) is 9.59 Å². The number of methoxy groups -OCH3 is 1. The van der Waals surface area contributed by atoms with Crippen LogP contribution in [0.5, 0.6) is 0 Å². The van der Waals surface area contributed by atoms with E-state index in [1.807, 2.05) is 0 Å². The van der Waals surface area contributed by atoms with Crippen molar-refractivity contribution in [1.29, 1.82) is 0 Å². The Bertz CT molecular complexity index is 1180. The van der Waals surface area contributed by atoms with E-state index in [1.54, 1.807) is 17.7 Å². The summed E-state index contributed by atoms with van der Waals surface area (Å²) in [7, 11) is 1.38. The molecule has 1 N–H and O–H groups in total. The van der Waals surface area contributed by atoms with Gasteiger partial charge in [-0.05, 0) is 55.6 Å². The van der Waals surface area contributed by atoms with Gasteiger partial charge in [-0.3, -0.25) is 4.79 Å². The lowest BCUT2D eigenvalue weighted by Gasteiger charge is -2.18. The number of aromatic nitrogens is 2. The van der Waals surface area contributed by atoms with Crippen LogP contribution in [0, 0.1) is 5.92 Å². The Morgan fingerprint density at radius 2 is 2.06 bits per heavy atom. The van der Waals surface area contributed by atoms with Gasteiger partial charge in [0.15, 0.2) is 0 Å². The van der Waals surface area contributed by atoms with Crippen LogP contribution in [0.4, 0.5) is 5.00 Å². The van der Waals surface area contributed by atoms with Crippen LogP contribution < -0.4 is 5.32 Å². The molecule has 3 aromatic rings. The molecule has 9 heteroatoms. The Hall–Kier alpha value is -1.97. The van der Waals surface area contributed by atoms with Crippen LogP contribution in [0.25, 0.3) is 10.2 Å². The van der Waals surface area contributed by atoms with E-state index in [4.69, 9.17) is 4.74 Å². The predicted molar refractivity (Wildman–Crippen MR) is 126 cm³/mol. The SMILES string of the molecule is COC(=O)c1c(NC(=O)CSc2ncnc3sc4c(c23)CC[C@H](C)C4)sc2c1CCC2. The normalized spacial score (nSPS) is 17.4. The first-order chi connectivity index (χ1) is 15.0. The van der Waals surface area contributed by atoms with E-state index in [-0.39, 0.29) is 17.6 Å². The smallest absolute Gasteiger partial charge is 0.341 e. The standard InChI is InChI=1S/C22H23N3O3S3/c1-11-6-7-13-15(8-11)31-20-17(13)19(23-10-24-20)29-9-16(26)25-21-18(22(27)28-2)12-4-3-5-14(12)30-21/h10-11H,3-9H2,1-2H3,(H,25,26)/t11-/m0/s1. The third-order valence-electron chi connectivity index (χ3n) is 5.96. The van der Waals surface area contributed by atoms with Crippen molar-refractivity contribution < 1.29 is 14.3 Å².